The highest BCUT2D eigenvalue weighted by molar-refractivity contribution is 5.94. The molecule has 32 heavy (non-hydrogen) atoms. The van der Waals surface area contributed by atoms with Gasteiger partial charge in [-0.15, -0.1) is 0 Å². The van der Waals surface area contributed by atoms with Gasteiger partial charge in [0.2, 0.25) is 5.91 Å². The summed E-state index contributed by atoms with van der Waals surface area (Å²) < 4.78 is 6.62. The number of non-ortho nitro benzene ring substituents is 1. The molecule has 1 aliphatic heterocycles. The summed E-state index contributed by atoms with van der Waals surface area (Å²) in [6, 6.07) is 5.92. The van der Waals surface area contributed by atoms with Gasteiger partial charge >= 0.3 is 0 Å². The fourth-order valence-electron chi connectivity index (χ4n) is 3.66. The third kappa shape index (κ3) is 4.22. The molecular weight excluding hydrogens is 416 g/mol. The number of aromatic nitrogens is 3. The molecule has 1 fully saturated rings. The number of hydrogen-bond acceptors (Lipinski definition) is 7. The molecule has 11 nitrogen and oxygen atoms in total. The second-order valence-corrected chi connectivity index (χ2v) is 7.60. The van der Waals surface area contributed by atoms with Crippen LogP contribution in [-0.4, -0.2) is 67.7 Å². The summed E-state index contributed by atoms with van der Waals surface area (Å²) in [4.78, 5) is 39.3. The van der Waals surface area contributed by atoms with E-state index < -0.39 is 4.92 Å². The highest BCUT2D eigenvalue weighted by Gasteiger charge is 2.26. The molecule has 1 aromatic carbocycles. The summed E-state index contributed by atoms with van der Waals surface area (Å²) in [5.41, 5.74) is 2.55. The molecule has 0 saturated carbocycles. The number of hydrogen-bond donors (Lipinski definition) is 0. The van der Waals surface area contributed by atoms with Gasteiger partial charge in [0.25, 0.3) is 11.6 Å². The Bertz CT molecular complexity index is 1140. The zero-order chi connectivity index (χ0) is 22.8. The molecular formula is C21H22N6O5. The molecule has 0 radical (unpaired) electrons. The lowest BCUT2D eigenvalue weighted by atomic mass is 10.1. The van der Waals surface area contributed by atoms with Gasteiger partial charge in [-0.2, -0.15) is 5.10 Å². The van der Waals surface area contributed by atoms with Crippen LogP contribution < -0.4 is 0 Å². The summed E-state index contributed by atoms with van der Waals surface area (Å²) in [6.45, 7) is 5.35. The van der Waals surface area contributed by atoms with Crippen molar-refractivity contribution in [1.29, 1.82) is 0 Å². The number of amides is 2. The minimum absolute atomic E-state index is 0.0148. The van der Waals surface area contributed by atoms with E-state index in [1.54, 1.807) is 35.1 Å². The van der Waals surface area contributed by atoms with Gasteiger partial charge in [-0.1, -0.05) is 5.16 Å². The minimum atomic E-state index is -0.472. The van der Waals surface area contributed by atoms with E-state index in [1.165, 1.54) is 23.0 Å². The molecule has 3 aromatic rings. The maximum atomic E-state index is 12.9. The highest BCUT2D eigenvalue weighted by Crippen LogP contribution is 2.17. The smallest absolute Gasteiger partial charge is 0.269 e. The van der Waals surface area contributed by atoms with E-state index in [9.17, 15) is 19.7 Å². The first-order valence-electron chi connectivity index (χ1n) is 10.1. The van der Waals surface area contributed by atoms with Crippen LogP contribution in [0.5, 0.6) is 0 Å². The molecule has 1 saturated heterocycles. The lowest BCUT2D eigenvalue weighted by molar-refractivity contribution is -0.384. The first-order chi connectivity index (χ1) is 15.3. The van der Waals surface area contributed by atoms with Crippen molar-refractivity contribution in [2.24, 2.45) is 0 Å². The molecule has 11 heteroatoms. The Labute approximate surface area is 183 Å². The number of nitrogens with zero attached hydrogens (tertiary/aromatic N) is 6. The molecule has 2 aromatic heterocycles. The Kier molecular flexibility index (Phi) is 5.71. The molecule has 2 amide bonds. The quantitative estimate of drug-likeness (QED) is 0.440. The summed E-state index contributed by atoms with van der Waals surface area (Å²) in [7, 11) is 0. The van der Waals surface area contributed by atoms with Crippen LogP contribution >= 0.6 is 0 Å². The van der Waals surface area contributed by atoms with Crippen LogP contribution in [0.1, 0.15) is 27.4 Å². The lowest BCUT2D eigenvalue weighted by Crippen LogP contribution is -2.51. The van der Waals surface area contributed by atoms with Crippen molar-refractivity contribution in [1.82, 2.24) is 24.7 Å². The van der Waals surface area contributed by atoms with E-state index in [0.29, 0.717) is 43.2 Å². The van der Waals surface area contributed by atoms with E-state index in [2.05, 4.69) is 10.3 Å². The summed E-state index contributed by atoms with van der Waals surface area (Å²) in [6.07, 6.45) is 3.30. The van der Waals surface area contributed by atoms with Crippen LogP contribution in [-0.2, 0) is 11.2 Å². The van der Waals surface area contributed by atoms with Crippen LogP contribution in [0.2, 0.25) is 0 Å². The number of piperazine rings is 1. The van der Waals surface area contributed by atoms with Crippen LogP contribution in [0.25, 0.3) is 5.69 Å². The van der Waals surface area contributed by atoms with Gasteiger partial charge in [-0.05, 0) is 26.0 Å². The van der Waals surface area contributed by atoms with Crippen molar-refractivity contribution in [2.45, 2.75) is 20.3 Å². The Balaban J connectivity index is 1.35. The molecule has 0 bridgehead atoms. The Morgan fingerprint density at radius 1 is 1.09 bits per heavy atom. The molecule has 1 aliphatic rings. The van der Waals surface area contributed by atoms with Crippen molar-refractivity contribution in [3.63, 3.8) is 0 Å². The van der Waals surface area contributed by atoms with Gasteiger partial charge in [0, 0.05) is 50.1 Å². The fourth-order valence-corrected chi connectivity index (χ4v) is 3.66. The number of benzene rings is 1. The van der Waals surface area contributed by atoms with Gasteiger partial charge in [0.05, 0.1) is 34.5 Å². The number of nitro groups is 1. The molecule has 3 heterocycles. The van der Waals surface area contributed by atoms with Crippen LogP contribution in [0.15, 0.2) is 41.2 Å². The third-order valence-electron chi connectivity index (χ3n) is 5.58. The van der Waals surface area contributed by atoms with Gasteiger partial charge in [-0.3, -0.25) is 19.7 Å². The van der Waals surface area contributed by atoms with E-state index in [-0.39, 0.29) is 23.9 Å². The van der Waals surface area contributed by atoms with Gasteiger partial charge in [-0.25, -0.2) is 4.68 Å². The average Bonchev–Trinajstić information content (AvgIpc) is 3.41. The number of rotatable bonds is 5. The first kappa shape index (κ1) is 21.2. The second kappa shape index (κ2) is 8.61. The van der Waals surface area contributed by atoms with Crippen molar-refractivity contribution in [2.75, 3.05) is 26.2 Å². The first-order valence-corrected chi connectivity index (χ1v) is 10.1. The van der Waals surface area contributed by atoms with Crippen molar-refractivity contribution in [3.05, 3.63) is 69.4 Å². The number of aryl methyl sites for hydroxylation is 2. The zero-order valence-electron chi connectivity index (χ0n) is 17.7. The van der Waals surface area contributed by atoms with Crippen molar-refractivity contribution in [3.8, 4) is 5.69 Å². The van der Waals surface area contributed by atoms with Crippen molar-refractivity contribution >= 4 is 17.5 Å². The molecule has 0 spiro atoms. The second-order valence-electron chi connectivity index (χ2n) is 7.60. The summed E-state index contributed by atoms with van der Waals surface area (Å²) in [5, 5.41) is 18.9. The van der Waals surface area contributed by atoms with E-state index in [0.717, 1.165) is 11.3 Å². The largest absolute Gasteiger partial charge is 0.361 e. The standard InChI is InChI=1S/C21H22N6O5/c1-14-19(15(2)32-23-14)11-20(28)24-7-9-25(10-8-24)21(29)16-12-22-26(13-16)17-3-5-18(6-4-17)27(30)31/h3-6,12-13H,7-11H2,1-2H3. The highest BCUT2D eigenvalue weighted by atomic mass is 16.6. The zero-order valence-corrected chi connectivity index (χ0v) is 17.7. The predicted octanol–water partition coefficient (Wildman–Crippen LogP) is 1.91. The summed E-state index contributed by atoms with van der Waals surface area (Å²) >= 11 is 0. The lowest BCUT2D eigenvalue weighted by Gasteiger charge is -2.34. The Morgan fingerprint density at radius 3 is 2.34 bits per heavy atom. The normalized spacial score (nSPS) is 13.9. The predicted molar refractivity (Wildman–Crippen MR) is 112 cm³/mol. The number of carbonyl (C=O) groups excluding carboxylic acids is 2. The van der Waals surface area contributed by atoms with Crippen LogP contribution in [0, 0.1) is 24.0 Å². The molecule has 0 atom stereocenters. The fraction of sp³-hybridized carbons (Fsp3) is 0.333. The van der Waals surface area contributed by atoms with Crippen LogP contribution in [0.4, 0.5) is 5.69 Å². The molecule has 0 aliphatic carbocycles. The van der Waals surface area contributed by atoms with E-state index >= 15 is 0 Å². The van der Waals surface area contributed by atoms with Gasteiger partial charge in [0.15, 0.2) is 0 Å². The van der Waals surface area contributed by atoms with E-state index in [4.69, 9.17) is 4.52 Å². The number of carbonyl (C=O) groups is 2. The monoisotopic (exact) mass is 438 g/mol. The molecule has 166 valence electrons. The Hall–Kier alpha value is -4.02. The van der Waals surface area contributed by atoms with Gasteiger partial charge < -0.3 is 14.3 Å². The Morgan fingerprint density at radius 2 is 1.75 bits per heavy atom. The van der Waals surface area contributed by atoms with Gasteiger partial charge in [0.1, 0.15) is 5.76 Å². The van der Waals surface area contributed by atoms with E-state index in [1.807, 2.05) is 6.92 Å². The molecule has 0 unspecified atom stereocenters. The SMILES string of the molecule is Cc1noc(C)c1CC(=O)N1CCN(C(=O)c2cnn(-c3ccc([N+](=O)[O-])cc3)c2)CC1. The molecule has 0 N–H and O–H groups in total. The maximum absolute atomic E-state index is 12.9. The molecule has 4 rings (SSSR count). The third-order valence-corrected chi connectivity index (χ3v) is 5.58. The number of nitro benzene ring substituents is 1. The average molecular weight is 438 g/mol. The van der Waals surface area contributed by atoms with Crippen molar-refractivity contribution < 1.29 is 19.0 Å². The minimum Gasteiger partial charge on any atom is -0.361 e. The summed E-state index contributed by atoms with van der Waals surface area (Å²) in [5.74, 6) is 0.461. The maximum Gasteiger partial charge on any atom is 0.269 e. The van der Waals surface area contributed by atoms with Crippen LogP contribution in [0.3, 0.4) is 0 Å². The topological polar surface area (TPSA) is 128 Å².